The molecule has 4 N–H and O–H groups in total. The first-order valence-corrected chi connectivity index (χ1v) is 14.1. The Morgan fingerprint density at radius 1 is 1.12 bits per heavy atom. The number of nitrogens with two attached hydrogens (primary N) is 1. The number of nitrogen functional groups attached to an aromatic ring is 1. The molecule has 1 aromatic heterocycles. The Morgan fingerprint density at radius 3 is 2.73 bits per heavy atom. The van der Waals surface area contributed by atoms with Gasteiger partial charge in [-0.2, -0.15) is 0 Å². The van der Waals surface area contributed by atoms with E-state index in [1.54, 1.807) is 23.3 Å². The van der Waals surface area contributed by atoms with E-state index < -0.39 is 5.91 Å². The van der Waals surface area contributed by atoms with E-state index in [0.29, 0.717) is 39.3 Å². The molecule has 0 bridgehead atoms. The maximum atomic E-state index is 13.5. The number of nitrogens with one attached hydrogen (secondary N) is 1. The molecule has 5 rings (SSSR count). The Hall–Kier alpha value is -4.09. The average Bonchev–Trinajstić information content (AvgIpc) is 3.60. The predicted octanol–water partition coefficient (Wildman–Crippen LogP) is 2.66. The molecule has 210 valence electrons. The highest BCUT2D eigenvalue weighted by molar-refractivity contribution is 7.09. The van der Waals surface area contributed by atoms with Crippen molar-refractivity contribution in [2.45, 2.75) is 26.1 Å². The Labute approximate surface area is 236 Å². The first-order chi connectivity index (χ1) is 19.3. The van der Waals surface area contributed by atoms with Gasteiger partial charge in [-0.05, 0) is 47.2 Å². The first kappa shape index (κ1) is 27.5. The summed E-state index contributed by atoms with van der Waals surface area (Å²) in [5.41, 5.74) is 8.47. The number of aromatic hydroxyl groups is 1. The molecule has 11 heteroatoms. The SMILES string of the molecule is CN(Cc1cccs1)C(=O)c1cc(C(=O)N2Cc3ccc(OCCCN4CCNC(=O)C4)cc3C2)c(N)cc1O. The number of phenolic OH excluding ortho intramolecular Hbond substituents is 1. The summed E-state index contributed by atoms with van der Waals surface area (Å²) in [6, 6.07) is 12.3. The summed E-state index contributed by atoms with van der Waals surface area (Å²) in [4.78, 5) is 44.4. The number of ether oxygens (including phenoxy) is 1. The molecule has 0 saturated carbocycles. The van der Waals surface area contributed by atoms with Crippen molar-refractivity contribution in [3.63, 3.8) is 0 Å². The number of phenols is 1. The van der Waals surface area contributed by atoms with Gasteiger partial charge in [-0.3, -0.25) is 19.3 Å². The van der Waals surface area contributed by atoms with E-state index in [1.165, 1.54) is 17.0 Å². The standard InChI is InChI=1S/C29H33N5O5S/c1-32(17-22-4-2-11-40-22)28(37)24-13-23(25(30)14-26(24)35)29(38)34-15-19-5-6-21(12-20(19)16-34)39-10-3-8-33-9-7-31-27(36)18-33/h2,4-6,11-14,35H,3,7-10,15-18,30H2,1H3,(H,31,36). The highest BCUT2D eigenvalue weighted by Crippen LogP contribution is 2.31. The molecule has 10 nitrogen and oxygen atoms in total. The summed E-state index contributed by atoms with van der Waals surface area (Å²) in [5.74, 6) is -0.169. The average molecular weight is 564 g/mol. The third-order valence-corrected chi connectivity index (χ3v) is 8.00. The van der Waals surface area contributed by atoms with Crippen LogP contribution in [-0.4, -0.2) is 77.4 Å². The molecule has 2 aliphatic heterocycles. The minimum Gasteiger partial charge on any atom is -0.507 e. The highest BCUT2D eigenvalue weighted by atomic mass is 32.1. The molecule has 2 aromatic carbocycles. The number of hydrogen-bond acceptors (Lipinski definition) is 8. The zero-order valence-corrected chi connectivity index (χ0v) is 23.2. The molecule has 0 unspecified atom stereocenters. The van der Waals surface area contributed by atoms with Gasteiger partial charge in [-0.15, -0.1) is 11.3 Å². The fourth-order valence-electron chi connectivity index (χ4n) is 5.01. The smallest absolute Gasteiger partial charge is 0.257 e. The second kappa shape index (κ2) is 12.0. The van der Waals surface area contributed by atoms with Gasteiger partial charge < -0.3 is 30.7 Å². The zero-order chi connectivity index (χ0) is 28.2. The van der Waals surface area contributed by atoms with Crippen molar-refractivity contribution < 1.29 is 24.2 Å². The topological polar surface area (TPSA) is 128 Å². The van der Waals surface area contributed by atoms with Crippen molar-refractivity contribution in [2.75, 3.05) is 45.6 Å². The Balaban J connectivity index is 1.20. The van der Waals surface area contributed by atoms with Crippen LogP contribution in [-0.2, 0) is 24.4 Å². The van der Waals surface area contributed by atoms with Crippen molar-refractivity contribution in [1.29, 1.82) is 0 Å². The molecule has 2 aliphatic rings. The lowest BCUT2D eigenvalue weighted by atomic mass is 10.0. The quantitative estimate of drug-likeness (QED) is 0.270. The maximum Gasteiger partial charge on any atom is 0.257 e. The van der Waals surface area contributed by atoms with Crippen LogP contribution < -0.4 is 15.8 Å². The number of carbonyl (C=O) groups is 3. The summed E-state index contributed by atoms with van der Waals surface area (Å²) in [6.07, 6.45) is 0.804. The first-order valence-electron chi connectivity index (χ1n) is 13.2. The lowest BCUT2D eigenvalue weighted by Crippen LogP contribution is -2.47. The summed E-state index contributed by atoms with van der Waals surface area (Å²) in [6.45, 7) is 4.47. The van der Waals surface area contributed by atoms with Crippen LogP contribution in [0.4, 0.5) is 5.69 Å². The molecule has 1 saturated heterocycles. The number of fused-ring (bicyclic) bond motifs is 1. The minimum absolute atomic E-state index is 0.0363. The monoisotopic (exact) mass is 563 g/mol. The number of anilines is 1. The fraction of sp³-hybridized carbons (Fsp3) is 0.345. The van der Waals surface area contributed by atoms with Gasteiger partial charge in [0, 0.05) is 56.4 Å². The van der Waals surface area contributed by atoms with Crippen LogP contribution in [0.5, 0.6) is 11.5 Å². The van der Waals surface area contributed by atoms with Crippen molar-refractivity contribution in [3.05, 3.63) is 75.0 Å². The number of piperazine rings is 1. The third-order valence-electron chi connectivity index (χ3n) is 7.14. The summed E-state index contributed by atoms with van der Waals surface area (Å²) in [5, 5.41) is 15.2. The number of thiophene rings is 1. The third kappa shape index (κ3) is 6.21. The van der Waals surface area contributed by atoms with Crippen LogP contribution in [0.25, 0.3) is 0 Å². The number of benzene rings is 2. The van der Waals surface area contributed by atoms with Gasteiger partial charge in [0.15, 0.2) is 0 Å². The van der Waals surface area contributed by atoms with Gasteiger partial charge in [0.2, 0.25) is 5.91 Å². The minimum atomic E-state index is -0.394. The molecule has 3 heterocycles. The molecule has 0 radical (unpaired) electrons. The highest BCUT2D eigenvalue weighted by Gasteiger charge is 2.28. The summed E-state index contributed by atoms with van der Waals surface area (Å²) >= 11 is 1.54. The maximum absolute atomic E-state index is 13.5. The van der Waals surface area contributed by atoms with Gasteiger partial charge in [0.25, 0.3) is 11.8 Å². The van der Waals surface area contributed by atoms with E-state index in [1.807, 2.05) is 35.7 Å². The summed E-state index contributed by atoms with van der Waals surface area (Å²) < 4.78 is 5.94. The number of rotatable bonds is 9. The van der Waals surface area contributed by atoms with E-state index in [0.717, 1.165) is 41.3 Å². The van der Waals surface area contributed by atoms with Gasteiger partial charge in [-0.1, -0.05) is 12.1 Å². The van der Waals surface area contributed by atoms with Gasteiger partial charge >= 0.3 is 0 Å². The van der Waals surface area contributed by atoms with Crippen molar-refractivity contribution >= 4 is 34.7 Å². The van der Waals surface area contributed by atoms with Gasteiger partial charge in [0.1, 0.15) is 11.5 Å². The summed E-state index contributed by atoms with van der Waals surface area (Å²) in [7, 11) is 1.65. The molecule has 3 amide bonds. The lowest BCUT2D eigenvalue weighted by molar-refractivity contribution is -0.124. The van der Waals surface area contributed by atoms with Crippen LogP contribution in [0, 0.1) is 0 Å². The van der Waals surface area contributed by atoms with Crippen LogP contribution in [0.15, 0.2) is 47.8 Å². The van der Waals surface area contributed by atoms with Crippen LogP contribution in [0.2, 0.25) is 0 Å². The number of carbonyl (C=O) groups excluding carboxylic acids is 3. The largest absolute Gasteiger partial charge is 0.507 e. The molecule has 0 aliphatic carbocycles. The number of amides is 3. The lowest BCUT2D eigenvalue weighted by Gasteiger charge is -2.26. The van der Waals surface area contributed by atoms with Crippen molar-refractivity contribution in [3.8, 4) is 11.5 Å². The van der Waals surface area contributed by atoms with Crippen LogP contribution in [0.3, 0.4) is 0 Å². The van der Waals surface area contributed by atoms with E-state index in [9.17, 15) is 19.5 Å². The van der Waals surface area contributed by atoms with E-state index >= 15 is 0 Å². The Morgan fingerprint density at radius 2 is 1.95 bits per heavy atom. The second-order valence-electron chi connectivity index (χ2n) is 10.1. The second-order valence-corrected chi connectivity index (χ2v) is 11.1. The van der Waals surface area contributed by atoms with Crippen molar-refractivity contribution in [1.82, 2.24) is 20.0 Å². The molecule has 40 heavy (non-hydrogen) atoms. The van der Waals surface area contributed by atoms with Gasteiger partial charge in [-0.25, -0.2) is 0 Å². The molecular weight excluding hydrogens is 530 g/mol. The fourth-order valence-corrected chi connectivity index (χ4v) is 5.77. The Kier molecular flexibility index (Phi) is 8.22. The molecular formula is C29H33N5O5S. The molecule has 3 aromatic rings. The van der Waals surface area contributed by atoms with E-state index in [-0.39, 0.29) is 34.4 Å². The molecule has 1 fully saturated rings. The molecule has 0 atom stereocenters. The Bertz CT molecular complexity index is 1410. The molecule has 0 spiro atoms. The number of nitrogens with zero attached hydrogens (tertiary/aromatic N) is 3. The zero-order valence-electron chi connectivity index (χ0n) is 22.4. The van der Waals surface area contributed by atoms with Crippen LogP contribution >= 0.6 is 11.3 Å². The van der Waals surface area contributed by atoms with Crippen LogP contribution in [0.1, 0.15) is 43.1 Å². The van der Waals surface area contributed by atoms with E-state index in [2.05, 4.69) is 10.2 Å². The van der Waals surface area contributed by atoms with E-state index in [4.69, 9.17) is 10.5 Å². The normalized spacial score (nSPS) is 15.0. The number of hydrogen-bond donors (Lipinski definition) is 3. The van der Waals surface area contributed by atoms with Crippen molar-refractivity contribution in [2.24, 2.45) is 0 Å². The van der Waals surface area contributed by atoms with Gasteiger partial charge in [0.05, 0.1) is 30.8 Å². The predicted molar refractivity (Wildman–Crippen MR) is 152 cm³/mol.